The fourth-order valence-corrected chi connectivity index (χ4v) is 1.04. The van der Waals surface area contributed by atoms with Crippen LogP contribution in [0.4, 0.5) is 36.8 Å². The van der Waals surface area contributed by atoms with Crippen LogP contribution < -0.4 is 10.1 Å². The van der Waals surface area contributed by atoms with E-state index in [2.05, 4.69) is 9.47 Å². The number of rotatable bonds is 3. The minimum atomic E-state index is -4.86. The second kappa shape index (κ2) is 5.88. The van der Waals surface area contributed by atoms with Gasteiger partial charge in [-0.2, -0.15) is 13.2 Å². The quantitative estimate of drug-likeness (QED) is 0.866. The van der Waals surface area contributed by atoms with Gasteiger partial charge in [-0.3, -0.25) is 5.32 Å². The zero-order valence-corrected chi connectivity index (χ0v) is 9.51. The summed E-state index contributed by atoms with van der Waals surface area (Å²) in [5.41, 5.74) is -0.0494. The number of amides is 1. The van der Waals surface area contributed by atoms with E-state index in [1.165, 1.54) is 0 Å². The topological polar surface area (TPSA) is 47.6 Å². The average Bonchev–Trinajstić information content (AvgIpc) is 2.26. The van der Waals surface area contributed by atoms with Crippen molar-refractivity contribution in [3.8, 4) is 5.75 Å². The highest BCUT2D eigenvalue weighted by Crippen LogP contribution is 2.24. The highest BCUT2D eigenvalue weighted by Gasteiger charge is 2.31. The minimum Gasteiger partial charge on any atom is -0.440 e. The summed E-state index contributed by atoms with van der Waals surface area (Å²) in [4.78, 5) is 10.9. The Balaban J connectivity index is 2.51. The predicted octanol–water partition coefficient (Wildman–Crippen LogP) is 3.70. The molecule has 4 nitrogen and oxygen atoms in total. The summed E-state index contributed by atoms with van der Waals surface area (Å²) in [6, 6.07) is 3.78. The molecule has 0 saturated heterocycles. The van der Waals surface area contributed by atoms with E-state index in [-0.39, 0.29) is 5.69 Å². The van der Waals surface area contributed by atoms with Gasteiger partial charge in [-0.25, -0.2) is 4.79 Å². The molecule has 1 N–H and O–H groups in total. The van der Waals surface area contributed by atoms with Crippen molar-refractivity contribution in [1.29, 1.82) is 0 Å². The van der Waals surface area contributed by atoms with Crippen LogP contribution >= 0.6 is 0 Å². The van der Waals surface area contributed by atoms with E-state index >= 15 is 0 Å². The lowest BCUT2D eigenvalue weighted by Crippen LogP contribution is -2.23. The number of nitrogens with one attached hydrogen (secondary N) is 1. The van der Waals surface area contributed by atoms with Gasteiger partial charge in [-0.1, -0.05) is 0 Å². The maximum atomic E-state index is 11.8. The van der Waals surface area contributed by atoms with Crippen molar-refractivity contribution >= 4 is 11.8 Å². The largest absolute Gasteiger partial charge is 0.573 e. The number of alkyl halides is 6. The second-order valence-electron chi connectivity index (χ2n) is 3.39. The molecule has 1 amide bonds. The summed E-state index contributed by atoms with van der Waals surface area (Å²) in [5, 5.41) is 1.91. The number of carbonyl (C=O) groups excluding carboxylic acids is 1. The van der Waals surface area contributed by atoms with E-state index in [0.29, 0.717) is 0 Å². The number of ether oxygens (including phenoxy) is 2. The van der Waals surface area contributed by atoms with Crippen LogP contribution in [0.15, 0.2) is 24.3 Å². The number of carbonyl (C=O) groups is 1. The molecule has 1 rings (SSSR count). The first-order valence-electron chi connectivity index (χ1n) is 4.91. The lowest BCUT2D eigenvalue weighted by Gasteiger charge is -2.11. The number of hydrogen-bond acceptors (Lipinski definition) is 3. The highest BCUT2D eigenvalue weighted by atomic mass is 19.4. The highest BCUT2D eigenvalue weighted by molar-refractivity contribution is 5.84. The van der Waals surface area contributed by atoms with Gasteiger partial charge in [0.2, 0.25) is 0 Å². The minimum absolute atomic E-state index is 0.0494. The molecule has 0 saturated carbocycles. The molecule has 10 heteroatoms. The summed E-state index contributed by atoms with van der Waals surface area (Å²) in [5.74, 6) is -0.535. The van der Waals surface area contributed by atoms with Crippen LogP contribution in [0.3, 0.4) is 0 Å². The normalized spacial score (nSPS) is 11.9. The first-order valence-corrected chi connectivity index (χ1v) is 4.91. The van der Waals surface area contributed by atoms with Crippen molar-refractivity contribution in [3.63, 3.8) is 0 Å². The van der Waals surface area contributed by atoms with Crippen molar-refractivity contribution in [2.75, 3.05) is 11.9 Å². The van der Waals surface area contributed by atoms with Gasteiger partial charge >= 0.3 is 18.6 Å². The molecule has 0 fully saturated rings. The van der Waals surface area contributed by atoms with Crippen molar-refractivity contribution in [1.82, 2.24) is 0 Å². The summed E-state index contributed by atoms with van der Waals surface area (Å²) in [7, 11) is 0. The summed E-state index contributed by atoms with van der Waals surface area (Å²) >= 11 is 0. The van der Waals surface area contributed by atoms with Crippen LogP contribution in [0.5, 0.6) is 5.75 Å². The van der Waals surface area contributed by atoms with Gasteiger partial charge in [0.25, 0.3) is 0 Å². The van der Waals surface area contributed by atoms with Crippen LogP contribution in [-0.2, 0) is 4.74 Å². The Morgan fingerprint density at radius 1 is 1.05 bits per heavy atom. The van der Waals surface area contributed by atoms with Crippen LogP contribution in [0.25, 0.3) is 0 Å². The zero-order valence-electron chi connectivity index (χ0n) is 9.51. The third-order valence-corrected chi connectivity index (χ3v) is 1.70. The van der Waals surface area contributed by atoms with Crippen LogP contribution in [0, 0.1) is 0 Å². The fourth-order valence-electron chi connectivity index (χ4n) is 1.04. The average molecular weight is 303 g/mol. The van der Waals surface area contributed by atoms with Crippen LogP contribution in [0.2, 0.25) is 0 Å². The first-order chi connectivity index (χ1) is 9.05. The molecule has 0 aliphatic carbocycles. The van der Waals surface area contributed by atoms with Gasteiger partial charge in [0, 0.05) is 5.69 Å². The molecular formula is C10H7F6NO3. The molecule has 0 aliphatic heterocycles. The molecule has 20 heavy (non-hydrogen) atoms. The van der Waals surface area contributed by atoms with E-state index in [9.17, 15) is 31.1 Å². The molecule has 1 aromatic carbocycles. The number of halogens is 6. The number of benzene rings is 1. The Labute approximate surface area is 108 Å². The zero-order chi connectivity index (χ0) is 15.4. The Morgan fingerprint density at radius 3 is 2.05 bits per heavy atom. The lowest BCUT2D eigenvalue weighted by atomic mass is 10.3. The molecule has 0 bridgehead atoms. The molecule has 0 aromatic heterocycles. The second-order valence-corrected chi connectivity index (χ2v) is 3.39. The van der Waals surface area contributed by atoms with E-state index in [1.54, 1.807) is 0 Å². The summed E-state index contributed by atoms with van der Waals surface area (Å²) < 4.78 is 78.1. The third kappa shape index (κ3) is 6.71. The summed E-state index contributed by atoms with van der Waals surface area (Å²) in [6.07, 6.45) is -10.9. The van der Waals surface area contributed by atoms with Gasteiger partial charge in [-0.05, 0) is 24.3 Å². The van der Waals surface area contributed by atoms with Gasteiger partial charge in [0.15, 0.2) is 6.61 Å². The lowest BCUT2D eigenvalue weighted by molar-refractivity contribution is -0.274. The molecule has 0 spiro atoms. The van der Waals surface area contributed by atoms with E-state index < -0.39 is 31.0 Å². The van der Waals surface area contributed by atoms with Crippen molar-refractivity contribution in [2.45, 2.75) is 12.5 Å². The van der Waals surface area contributed by atoms with E-state index in [0.717, 1.165) is 24.3 Å². The Morgan fingerprint density at radius 2 is 1.60 bits per heavy atom. The predicted molar refractivity (Wildman–Crippen MR) is 54.2 cm³/mol. The number of anilines is 1. The van der Waals surface area contributed by atoms with Crippen LogP contribution in [0.1, 0.15) is 0 Å². The van der Waals surface area contributed by atoms with Crippen molar-refractivity contribution < 1.29 is 40.6 Å². The van der Waals surface area contributed by atoms with Gasteiger partial charge in [0.05, 0.1) is 0 Å². The SMILES string of the molecule is O=C(Nc1ccc(OC(F)(F)F)cc1)OCC(F)(F)F. The molecule has 112 valence electrons. The van der Waals surface area contributed by atoms with Gasteiger partial charge < -0.3 is 9.47 Å². The van der Waals surface area contributed by atoms with Gasteiger partial charge in [0.1, 0.15) is 5.75 Å². The molecule has 0 atom stereocenters. The molecular weight excluding hydrogens is 296 g/mol. The molecule has 1 aromatic rings. The molecule has 0 unspecified atom stereocenters. The monoisotopic (exact) mass is 303 g/mol. The van der Waals surface area contributed by atoms with E-state index in [4.69, 9.17) is 0 Å². The summed E-state index contributed by atoms with van der Waals surface area (Å²) in [6.45, 7) is -1.77. The Bertz CT molecular complexity index is 454. The first kappa shape index (κ1) is 15.9. The number of hydrogen-bond donors (Lipinski definition) is 1. The Kier molecular flexibility index (Phi) is 4.69. The fraction of sp³-hybridized carbons (Fsp3) is 0.300. The van der Waals surface area contributed by atoms with Gasteiger partial charge in [-0.15, -0.1) is 13.2 Å². The smallest absolute Gasteiger partial charge is 0.440 e. The Hall–Kier alpha value is -2.13. The molecule has 0 radical (unpaired) electrons. The molecule has 0 heterocycles. The standard InChI is InChI=1S/C10H7F6NO3/c11-9(12,13)5-19-8(18)17-6-1-3-7(4-2-6)20-10(14,15)16/h1-4H,5H2,(H,17,18). The van der Waals surface area contributed by atoms with Crippen LogP contribution in [-0.4, -0.2) is 25.2 Å². The van der Waals surface area contributed by atoms with Crippen molar-refractivity contribution in [2.24, 2.45) is 0 Å². The third-order valence-electron chi connectivity index (χ3n) is 1.70. The van der Waals surface area contributed by atoms with Crippen molar-refractivity contribution in [3.05, 3.63) is 24.3 Å². The molecule has 0 aliphatic rings. The van der Waals surface area contributed by atoms with E-state index in [1.807, 2.05) is 5.32 Å². The maximum absolute atomic E-state index is 11.8. The maximum Gasteiger partial charge on any atom is 0.573 e.